The lowest BCUT2D eigenvalue weighted by Crippen LogP contribution is -2.27. The van der Waals surface area contributed by atoms with E-state index in [4.69, 9.17) is 0 Å². The number of nitrogens with one attached hydrogen (secondary N) is 1. The van der Waals surface area contributed by atoms with E-state index in [1.54, 1.807) is 0 Å². The van der Waals surface area contributed by atoms with Crippen molar-refractivity contribution in [2.24, 2.45) is 0 Å². The minimum Gasteiger partial charge on any atom is -0.465 e. The van der Waals surface area contributed by atoms with E-state index in [-0.39, 0.29) is 10.4 Å². The SMILES string of the molecule is COC(=O)c1cc(=O)nc(NC(C)(C)C)s1. The second-order valence-corrected chi connectivity index (χ2v) is 5.26. The minimum atomic E-state index is -0.526. The van der Waals surface area contributed by atoms with Crippen molar-refractivity contribution in [1.29, 1.82) is 0 Å². The molecule has 0 unspecified atom stereocenters. The molecule has 88 valence electrons. The summed E-state index contributed by atoms with van der Waals surface area (Å²) >= 11 is 1.10. The molecule has 0 aliphatic rings. The molecular formula is C10H14N2O3S. The van der Waals surface area contributed by atoms with E-state index in [2.05, 4.69) is 15.0 Å². The van der Waals surface area contributed by atoms with Gasteiger partial charge in [-0.15, -0.1) is 0 Å². The highest BCUT2D eigenvalue weighted by atomic mass is 32.1. The van der Waals surface area contributed by atoms with Crippen LogP contribution in [0.2, 0.25) is 0 Å². The van der Waals surface area contributed by atoms with Crippen LogP contribution in [0.1, 0.15) is 30.4 Å². The first-order valence-corrected chi connectivity index (χ1v) is 5.52. The van der Waals surface area contributed by atoms with Gasteiger partial charge in [0, 0.05) is 11.6 Å². The lowest BCUT2D eigenvalue weighted by atomic mass is 10.1. The number of ether oxygens (including phenoxy) is 1. The van der Waals surface area contributed by atoms with Gasteiger partial charge < -0.3 is 10.1 Å². The first-order valence-electron chi connectivity index (χ1n) is 4.70. The van der Waals surface area contributed by atoms with Crippen LogP contribution in [0.25, 0.3) is 0 Å². The Morgan fingerprint density at radius 3 is 2.62 bits per heavy atom. The predicted octanol–water partition coefficient (Wildman–Crippen LogP) is 1.50. The standard InChI is InChI=1S/C10H14N2O3S/c1-10(2,3)12-9-11-7(13)5-6(16-9)8(14)15-4/h5H,1-4H3,(H,11,12,13). The Kier molecular flexibility index (Phi) is 3.64. The number of nitrogens with zero attached hydrogens (tertiary/aromatic N) is 1. The molecule has 16 heavy (non-hydrogen) atoms. The van der Waals surface area contributed by atoms with Gasteiger partial charge in [-0.2, -0.15) is 4.98 Å². The van der Waals surface area contributed by atoms with E-state index in [0.717, 1.165) is 11.3 Å². The van der Waals surface area contributed by atoms with Gasteiger partial charge in [-0.25, -0.2) is 4.79 Å². The van der Waals surface area contributed by atoms with Crippen LogP contribution in [0, 0.1) is 0 Å². The highest BCUT2D eigenvalue weighted by Gasteiger charge is 2.14. The molecule has 1 N–H and O–H groups in total. The Morgan fingerprint density at radius 2 is 2.12 bits per heavy atom. The van der Waals surface area contributed by atoms with Crippen molar-refractivity contribution in [2.45, 2.75) is 26.3 Å². The third-order valence-corrected chi connectivity index (χ3v) is 2.43. The molecular weight excluding hydrogens is 228 g/mol. The van der Waals surface area contributed by atoms with Gasteiger partial charge in [0.05, 0.1) is 7.11 Å². The van der Waals surface area contributed by atoms with Crippen molar-refractivity contribution in [3.8, 4) is 0 Å². The average molecular weight is 242 g/mol. The molecule has 1 rings (SSSR count). The third-order valence-electron chi connectivity index (χ3n) is 1.54. The largest absolute Gasteiger partial charge is 0.465 e. The van der Waals surface area contributed by atoms with Gasteiger partial charge in [-0.1, -0.05) is 11.3 Å². The predicted molar refractivity (Wildman–Crippen MR) is 63.1 cm³/mol. The van der Waals surface area contributed by atoms with Crippen LogP contribution in [0.15, 0.2) is 10.9 Å². The summed E-state index contributed by atoms with van der Waals surface area (Å²) in [4.78, 5) is 26.6. The molecule has 0 aromatic carbocycles. The van der Waals surface area contributed by atoms with Gasteiger partial charge in [0.2, 0.25) is 0 Å². The topological polar surface area (TPSA) is 68.3 Å². The summed E-state index contributed by atoms with van der Waals surface area (Å²) < 4.78 is 4.55. The van der Waals surface area contributed by atoms with Crippen molar-refractivity contribution in [3.05, 3.63) is 21.3 Å². The summed E-state index contributed by atoms with van der Waals surface area (Å²) in [6.45, 7) is 5.82. The van der Waals surface area contributed by atoms with E-state index in [1.165, 1.54) is 13.2 Å². The molecule has 5 nitrogen and oxygen atoms in total. The van der Waals surface area contributed by atoms with Crippen LogP contribution in [0.3, 0.4) is 0 Å². The van der Waals surface area contributed by atoms with Gasteiger partial charge in [0.15, 0.2) is 5.13 Å². The summed E-state index contributed by atoms with van der Waals surface area (Å²) in [5.74, 6) is -0.526. The normalized spacial score (nSPS) is 11.0. The third kappa shape index (κ3) is 3.62. The number of aromatic nitrogens is 1. The van der Waals surface area contributed by atoms with Crippen molar-refractivity contribution >= 4 is 22.4 Å². The highest BCUT2D eigenvalue weighted by Crippen LogP contribution is 2.18. The molecule has 0 amide bonds. The molecule has 0 radical (unpaired) electrons. The number of rotatable bonds is 2. The van der Waals surface area contributed by atoms with Crippen molar-refractivity contribution in [3.63, 3.8) is 0 Å². The lowest BCUT2D eigenvalue weighted by molar-refractivity contribution is 0.0606. The fraction of sp³-hybridized carbons (Fsp3) is 0.500. The molecule has 0 atom stereocenters. The second-order valence-electron chi connectivity index (χ2n) is 4.23. The number of hydrogen-bond donors (Lipinski definition) is 1. The van der Waals surface area contributed by atoms with E-state index < -0.39 is 11.5 Å². The molecule has 0 saturated heterocycles. The number of carbonyl (C=O) groups is 1. The quantitative estimate of drug-likeness (QED) is 0.796. The number of carbonyl (C=O) groups excluding carboxylic acids is 1. The fourth-order valence-corrected chi connectivity index (χ4v) is 2.00. The molecule has 0 aliphatic heterocycles. The number of hydrogen-bond acceptors (Lipinski definition) is 6. The van der Waals surface area contributed by atoms with Crippen LogP contribution < -0.4 is 10.9 Å². The summed E-state index contributed by atoms with van der Waals surface area (Å²) in [5.41, 5.74) is -0.670. The molecule has 0 spiro atoms. The molecule has 1 heterocycles. The average Bonchev–Trinajstić information content (AvgIpc) is 2.12. The molecule has 0 bridgehead atoms. The number of esters is 1. The minimum absolute atomic E-state index is 0.218. The molecule has 0 aliphatic carbocycles. The van der Waals surface area contributed by atoms with E-state index in [0.29, 0.717) is 5.13 Å². The van der Waals surface area contributed by atoms with E-state index in [9.17, 15) is 9.59 Å². The van der Waals surface area contributed by atoms with Gasteiger partial charge >= 0.3 is 5.97 Å². The number of anilines is 1. The first-order chi connectivity index (χ1) is 7.31. The summed E-state index contributed by atoms with van der Waals surface area (Å²) in [6.07, 6.45) is 0. The summed E-state index contributed by atoms with van der Waals surface area (Å²) in [6, 6.07) is 1.17. The maximum Gasteiger partial charge on any atom is 0.348 e. The van der Waals surface area contributed by atoms with Crippen LogP contribution in [0.5, 0.6) is 0 Å². The zero-order valence-electron chi connectivity index (χ0n) is 9.66. The maximum absolute atomic E-state index is 11.3. The van der Waals surface area contributed by atoms with Gasteiger partial charge in [-0.05, 0) is 20.8 Å². The zero-order valence-corrected chi connectivity index (χ0v) is 10.5. The van der Waals surface area contributed by atoms with Crippen molar-refractivity contribution in [2.75, 3.05) is 12.4 Å². The lowest BCUT2D eigenvalue weighted by Gasteiger charge is -2.20. The number of methoxy groups -OCH3 is 1. The highest BCUT2D eigenvalue weighted by molar-refractivity contribution is 7.17. The van der Waals surface area contributed by atoms with Crippen LogP contribution in [-0.4, -0.2) is 23.6 Å². The Morgan fingerprint density at radius 1 is 1.50 bits per heavy atom. The smallest absolute Gasteiger partial charge is 0.348 e. The zero-order chi connectivity index (χ0) is 12.3. The molecule has 0 fully saturated rings. The Balaban J connectivity index is 3.08. The second kappa shape index (κ2) is 4.61. The summed E-state index contributed by atoms with van der Waals surface area (Å²) in [7, 11) is 1.27. The Labute approximate surface area is 97.5 Å². The van der Waals surface area contributed by atoms with Crippen LogP contribution in [0.4, 0.5) is 5.13 Å². The van der Waals surface area contributed by atoms with Crippen molar-refractivity contribution in [1.82, 2.24) is 4.98 Å². The molecule has 0 saturated carbocycles. The summed E-state index contributed by atoms with van der Waals surface area (Å²) in [5, 5.41) is 3.46. The van der Waals surface area contributed by atoms with Gasteiger partial charge in [0.25, 0.3) is 5.56 Å². The fourth-order valence-electron chi connectivity index (χ4n) is 0.976. The Hall–Kier alpha value is -1.43. The maximum atomic E-state index is 11.3. The molecule has 1 aromatic heterocycles. The molecule has 6 heteroatoms. The van der Waals surface area contributed by atoms with Gasteiger partial charge in [-0.3, -0.25) is 4.79 Å². The Bertz CT molecular complexity index is 448. The van der Waals surface area contributed by atoms with Gasteiger partial charge in [0.1, 0.15) is 4.88 Å². The van der Waals surface area contributed by atoms with Crippen LogP contribution >= 0.6 is 11.3 Å². The van der Waals surface area contributed by atoms with Crippen molar-refractivity contribution < 1.29 is 9.53 Å². The monoisotopic (exact) mass is 242 g/mol. The van der Waals surface area contributed by atoms with E-state index >= 15 is 0 Å². The first kappa shape index (κ1) is 12.6. The van der Waals surface area contributed by atoms with E-state index in [1.807, 2.05) is 20.8 Å². The van der Waals surface area contributed by atoms with Crippen LogP contribution in [-0.2, 0) is 4.74 Å². The molecule has 1 aromatic rings.